The van der Waals surface area contributed by atoms with Crippen LogP contribution >= 0.6 is 23.1 Å². The average molecular weight is 307 g/mol. The summed E-state index contributed by atoms with van der Waals surface area (Å²) in [4.78, 5) is 11.4. The van der Waals surface area contributed by atoms with E-state index in [0.717, 1.165) is 21.6 Å². The molecule has 1 atom stereocenters. The largest absolute Gasteiger partial charge is 0.465 e. The van der Waals surface area contributed by atoms with Crippen LogP contribution in [0.2, 0.25) is 0 Å². The lowest BCUT2D eigenvalue weighted by molar-refractivity contribution is -0.137. The molecule has 5 nitrogen and oxygen atoms in total. The summed E-state index contributed by atoms with van der Waals surface area (Å²) in [5.74, 6) is -0.154. The van der Waals surface area contributed by atoms with Gasteiger partial charge in [-0.05, 0) is 19.1 Å². The van der Waals surface area contributed by atoms with E-state index in [1.165, 1.54) is 28.7 Å². The van der Waals surface area contributed by atoms with Gasteiger partial charge in [-0.15, -0.1) is 10.2 Å². The number of anilines is 2. The Morgan fingerprint density at radius 1 is 1.35 bits per heavy atom. The maximum atomic E-state index is 11.4. The fourth-order valence-electron chi connectivity index (χ4n) is 1.77. The minimum Gasteiger partial charge on any atom is -0.465 e. The number of carbonyl (C=O) groups excluding carboxylic acids is 1. The topological polar surface area (TPSA) is 64.1 Å². The Hall–Kier alpha value is -1.60. The van der Waals surface area contributed by atoms with Gasteiger partial charge in [0.25, 0.3) is 0 Å². The standard InChI is InChI=1S/C13H13N3O2S2/c1-8-2-4-9(5-3-8)14-12-15-16-13(20-12)19-10-6-7-18-11(10)17/h2-5,10H,6-7H2,1H3,(H,14,15)/t10-/m0/s1. The summed E-state index contributed by atoms with van der Waals surface area (Å²) in [7, 11) is 0. The molecule has 104 valence electrons. The first-order valence-corrected chi connectivity index (χ1v) is 7.91. The van der Waals surface area contributed by atoms with Gasteiger partial charge in [0, 0.05) is 12.1 Å². The quantitative estimate of drug-likeness (QED) is 0.876. The Labute approximate surface area is 124 Å². The molecule has 2 aromatic rings. The van der Waals surface area contributed by atoms with E-state index in [2.05, 4.69) is 15.5 Å². The van der Waals surface area contributed by atoms with E-state index in [1.807, 2.05) is 31.2 Å². The van der Waals surface area contributed by atoms with E-state index in [4.69, 9.17) is 4.74 Å². The summed E-state index contributed by atoms with van der Waals surface area (Å²) in [6.07, 6.45) is 0.740. The van der Waals surface area contributed by atoms with Crippen LogP contribution in [0.4, 0.5) is 10.8 Å². The third-order valence-electron chi connectivity index (χ3n) is 2.84. The van der Waals surface area contributed by atoms with Crippen molar-refractivity contribution in [2.24, 2.45) is 0 Å². The second-order valence-electron chi connectivity index (χ2n) is 4.43. The number of carbonyl (C=O) groups is 1. The Kier molecular flexibility index (Phi) is 3.88. The third-order valence-corrected chi connectivity index (χ3v) is 5.01. The molecule has 20 heavy (non-hydrogen) atoms. The average Bonchev–Trinajstić information content (AvgIpc) is 3.03. The van der Waals surface area contributed by atoms with Gasteiger partial charge in [-0.1, -0.05) is 40.8 Å². The number of esters is 1. The molecule has 2 heterocycles. The second kappa shape index (κ2) is 5.80. The van der Waals surface area contributed by atoms with E-state index in [-0.39, 0.29) is 11.2 Å². The molecule has 0 amide bonds. The normalized spacial score (nSPS) is 18.1. The van der Waals surface area contributed by atoms with Crippen molar-refractivity contribution >= 4 is 39.9 Å². The number of hydrogen-bond acceptors (Lipinski definition) is 7. The van der Waals surface area contributed by atoms with Crippen LogP contribution in [0.1, 0.15) is 12.0 Å². The van der Waals surface area contributed by atoms with Crippen LogP contribution in [-0.2, 0) is 9.53 Å². The highest BCUT2D eigenvalue weighted by Gasteiger charge is 2.28. The lowest BCUT2D eigenvalue weighted by Crippen LogP contribution is -2.08. The van der Waals surface area contributed by atoms with Crippen LogP contribution in [0.15, 0.2) is 28.6 Å². The van der Waals surface area contributed by atoms with Crippen molar-refractivity contribution in [3.05, 3.63) is 29.8 Å². The maximum absolute atomic E-state index is 11.4. The molecular formula is C13H13N3O2S2. The van der Waals surface area contributed by atoms with Crippen molar-refractivity contribution in [1.82, 2.24) is 10.2 Å². The Bertz CT molecular complexity index is 612. The fraction of sp³-hybridized carbons (Fsp3) is 0.308. The first kappa shape index (κ1) is 13.4. The Balaban J connectivity index is 1.64. The number of nitrogens with zero attached hydrogens (tertiary/aromatic N) is 2. The van der Waals surface area contributed by atoms with E-state index in [1.54, 1.807) is 0 Å². The first-order chi connectivity index (χ1) is 9.70. The van der Waals surface area contributed by atoms with Crippen molar-refractivity contribution < 1.29 is 9.53 Å². The number of aromatic nitrogens is 2. The zero-order valence-electron chi connectivity index (χ0n) is 10.8. The molecule has 7 heteroatoms. The zero-order chi connectivity index (χ0) is 13.9. The summed E-state index contributed by atoms with van der Waals surface area (Å²) in [6.45, 7) is 2.55. The number of nitrogens with one attached hydrogen (secondary N) is 1. The van der Waals surface area contributed by atoms with Gasteiger partial charge in [-0.3, -0.25) is 4.79 Å². The molecular weight excluding hydrogens is 294 g/mol. The minimum absolute atomic E-state index is 0.143. The molecule has 0 unspecified atom stereocenters. The highest BCUT2D eigenvalue weighted by Crippen LogP contribution is 2.33. The van der Waals surface area contributed by atoms with Gasteiger partial charge in [0.1, 0.15) is 5.25 Å². The predicted octanol–water partition coefficient (Wildman–Crippen LogP) is 3.00. The second-order valence-corrected chi connectivity index (χ2v) is 6.85. The molecule has 0 saturated carbocycles. The number of benzene rings is 1. The van der Waals surface area contributed by atoms with Gasteiger partial charge in [0.15, 0.2) is 4.34 Å². The van der Waals surface area contributed by atoms with Crippen LogP contribution in [0.25, 0.3) is 0 Å². The van der Waals surface area contributed by atoms with Crippen molar-refractivity contribution in [2.75, 3.05) is 11.9 Å². The van der Waals surface area contributed by atoms with E-state index >= 15 is 0 Å². The molecule has 0 radical (unpaired) electrons. The molecule has 0 bridgehead atoms. The van der Waals surface area contributed by atoms with Gasteiger partial charge in [0.05, 0.1) is 6.61 Å². The van der Waals surface area contributed by atoms with Crippen LogP contribution in [-0.4, -0.2) is 28.0 Å². The molecule has 0 aliphatic carbocycles. The number of hydrogen-bond donors (Lipinski definition) is 1. The Morgan fingerprint density at radius 2 is 2.15 bits per heavy atom. The lowest BCUT2D eigenvalue weighted by atomic mass is 10.2. The number of thioether (sulfide) groups is 1. The van der Waals surface area contributed by atoms with Crippen LogP contribution in [0.3, 0.4) is 0 Å². The number of aryl methyl sites for hydroxylation is 1. The van der Waals surface area contributed by atoms with Gasteiger partial charge < -0.3 is 10.1 Å². The van der Waals surface area contributed by atoms with Crippen LogP contribution < -0.4 is 5.32 Å². The van der Waals surface area contributed by atoms with Gasteiger partial charge in [0.2, 0.25) is 5.13 Å². The molecule has 1 N–H and O–H groups in total. The Morgan fingerprint density at radius 3 is 2.85 bits per heavy atom. The molecule has 1 aliphatic heterocycles. The highest BCUT2D eigenvalue weighted by atomic mass is 32.2. The van der Waals surface area contributed by atoms with Crippen molar-refractivity contribution in [3.8, 4) is 0 Å². The summed E-state index contributed by atoms with van der Waals surface area (Å²) in [5, 5.41) is 12.0. The van der Waals surface area contributed by atoms with Crippen LogP contribution in [0, 0.1) is 6.92 Å². The lowest BCUT2D eigenvalue weighted by Gasteiger charge is -2.01. The summed E-state index contributed by atoms with van der Waals surface area (Å²) in [5.41, 5.74) is 2.19. The highest BCUT2D eigenvalue weighted by molar-refractivity contribution is 8.02. The molecule has 1 fully saturated rings. The van der Waals surface area contributed by atoms with Crippen molar-refractivity contribution in [2.45, 2.75) is 22.9 Å². The predicted molar refractivity (Wildman–Crippen MR) is 79.6 cm³/mol. The van der Waals surface area contributed by atoms with E-state index in [0.29, 0.717) is 6.61 Å². The smallest absolute Gasteiger partial charge is 0.319 e. The van der Waals surface area contributed by atoms with Gasteiger partial charge in [-0.2, -0.15) is 0 Å². The van der Waals surface area contributed by atoms with Crippen molar-refractivity contribution in [3.63, 3.8) is 0 Å². The molecule has 1 aliphatic rings. The maximum Gasteiger partial charge on any atom is 0.319 e. The van der Waals surface area contributed by atoms with Crippen molar-refractivity contribution in [1.29, 1.82) is 0 Å². The monoisotopic (exact) mass is 307 g/mol. The fourth-order valence-corrected chi connectivity index (χ4v) is 3.76. The molecule has 1 aromatic carbocycles. The SMILES string of the molecule is Cc1ccc(Nc2nnc(S[C@H]3CCOC3=O)s2)cc1. The number of cyclic esters (lactones) is 1. The molecule has 0 spiro atoms. The minimum atomic E-state index is -0.154. The molecule has 1 saturated heterocycles. The zero-order valence-corrected chi connectivity index (χ0v) is 12.5. The van der Waals surface area contributed by atoms with E-state index in [9.17, 15) is 4.79 Å². The van der Waals surface area contributed by atoms with E-state index < -0.39 is 0 Å². The third kappa shape index (κ3) is 3.10. The molecule has 1 aromatic heterocycles. The summed E-state index contributed by atoms with van der Waals surface area (Å²) in [6, 6.07) is 8.07. The summed E-state index contributed by atoms with van der Waals surface area (Å²) < 4.78 is 5.71. The number of ether oxygens (including phenoxy) is 1. The number of rotatable bonds is 4. The van der Waals surface area contributed by atoms with Crippen LogP contribution in [0.5, 0.6) is 0 Å². The summed E-state index contributed by atoms with van der Waals surface area (Å²) >= 11 is 2.87. The van der Waals surface area contributed by atoms with Gasteiger partial charge >= 0.3 is 5.97 Å². The molecule has 3 rings (SSSR count). The first-order valence-electron chi connectivity index (χ1n) is 6.21. The van der Waals surface area contributed by atoms with Gasteiger partial charge in [-0.25, -0.2) is 0 Å².